The van der Waals surface area contributed by atoms with Gasteiger partial charge in [-0.1, -0.05) is 0 Å². The standard InChI is InChI=1S/C23H24F3N7O3S/c1-32-21-12(10-28-23(30-21)29-15-3-2-14(27)9-15)8-16(22(32)34)19-17(25)4-5-18(20(19)26)31-37(35,36)33-7-6-13(24)11-33/h4-5,8,10,13,15,27,31H,2-3,6-7,9,11H2,1H3,(H,28,29,30)/t13-,15-/m1/s1. The Morgan fingerprint density at radius 2 is 2.00 bits per heavy atom. The van der Waals surface area contributed by atoms with Crippen LogP contribution in [-0.2, 0) is 17.3 Å². The van der Waals surface area contributed by atoms with Crippen LogP contribution in [0.1, 0.15) is 25.7 Å². The van der Waals surface area contributed by atoms with Crippen LogP contribution in [0.2, 0.25) is 0 Å². The van der Waals surface area contributed by atoms with Crippen molar-refractivity contribution in [3.8, 4) is 11.1 Å². The van der Waals surface area contributed by atoms with Crippen LogP contribution in [0.5, 0.6) is 0 Å². The summed E-state index contributed by atoms with van der Waals surface area (Å²) in [6.07, 6.45) is 2.14. The third-order valence-electron chi connectivity index (χ3n) is 6.60. The predicted molar refractivity (Wildman–Crippen MR) is 133 cm³/mol. The lowest BCUT2D eigenvalue weighted by Crippen LogP contribution is -2.34. The summed E-state index contributed by atoms with van der Waals surface area (Å²) in [5.74, 6) is -2.08. The van der Waals surface area contributed by atoms with Crippen molar-refractivity contribution in [2.24, 2.45) is 7.05 Å². The number of anilines is 2. The van der Waals surface area contributed by atoms with Gasteiger partial charge in [-0.25, -0.2) is 18.2 Å². The second kappa shape index (κ2) is 9.41. The molecule has 2 aliphatic rings. The highest BCUT2D eigenvalue weighted by molar-refractivity contribution is 7.90. The van der Waals surface area contributed by atoms with E-state index in [2.05, 4.69) is 15.3 Å². The van der Waals surface area contributed by atoms with Gasteiger partial charge < -0.3 is 10.7 Å². The first-order chi connectivity index (χ1) is 17.5. The van der Waals surface area contributed by atoms with Crippen LogP contribution in [0.25, 0.3) is 22.2 Å². The van der Waals surface area contributed by atoms with Crippen LogP contribution < -0.4 is 15.6 Å². The van der Waals surface area contributed by atoms with E-state index in [1.165, 1.54) is 19.3 Å². The van der Waals surface area contributed by atoms with Crippen molar-refractivity contribution in [3.63, 3.8) is 0 Å². The van der Waals surface area contributed by atoms with Crippen molar-refractivity contribution in [1.29, 1.82) is 5.41 Å². The molecule has 0 radical (unpaired) electrons. The summed E-state index contributed by atoms with van der Waals surface area (Å²) >= 11 is 0. The number of alkyl halides is 1. The van der Waals surface area contributed by atoms with Crippen LogP contribution >= 0.6 is 0 Å². The number of halogens is 3. The highest BCUT2D eigenvalue weighted by Crippen LogP contribution is 2.31. The van der Waals surface area contributed by atoms with Gasteiger partial charge in [-0.3, -0.25) is 14.1 Å². The van der Waals surface area contributed by atoms with E-state index < -0.39 is 44.8 Å². The normalized spacial score (nSPS) is 20.6. The minimum atomic E-state index is -4.29. The maximum atomic E-state index is 15.5. The Bertz CT molecular complexity index is 1580. The molecule has 1 saturated carbocycles. The Morgan fingerprint density at radius 1 is 1.22 bits per heavy atom. The molecule has 10 nitrogen and oxygen atoms in total. The van der Waals surface area contributed by atoms with Gasteiger partial charge in [0, 0.05) is 49.9 Å². The zero-order chi connectivity index (χ0) is 26.5. The summed E-state index contributed by atoms with van der Waals surface area (Å²) < 4.78 is 73.0. The number of pyridine rings is 1. The number of aryl methyl sites for hydroxylation is 1. The summed E-state index contributed by atoms with van der Waals surface area (Å²) in [6, 6.07) is 3.02. The van der Waals surface area contributed by atoms with E-state index in [0.717, 1.165) is 27.4 Å². The number of hydrogen-bond donors (Lipinski definition) is 3. The van der Waals surface area contributed by atoms with Crippen molar-refractivity contribution in [2.45, 2.75) is 37.9 Å². The van der Waals surface area contributed by atoms with Gasteiger partial charge >= 0.3 is 10.2 Å². The van der Waals surface area contributed by atoms with Gasteiger partial charge in [0.1, 0.15) is 17.6 Å². The smallest absolute Gasteiger partial charge is 0.301 e. The molecule has 14 heteroatoms. The summed E-state index contributed by atoms with van der Waals surface area (Å²) in [5, 5.41) is 11.2. The lowest BCUT2D eigenvalue weighted by atomic mass is 10.0. The molecule has 1 aliphatic heterocycles. The molecular formula is C23H24F3N7O3S. The van der Waals surface area contributed by atoms with E-state index in [1.54, 1.807) is 0 Å². The maximum Gasteiger partial charge on any atom is 0.301 e. The first-order valence-corrected chi connectivity index (χ1v) is 13.1. The zero-order valence-corrected chi connectivity index (χ0v) is 20.6. The molecule has 5 rings (SSSR count). The van der Waals surface area contributed by atoms with Gasteiger partial charge in [-0.05, 0) is 37.5 Å². The predicted octanol–water partition coefficient (Wildman–Crippen LogP) is 2.96. The second-order valence-corrected chi connectivity index (χ2v) is 10.9. The average Bonchev–Trinajstić information content (AvgIpc) is 3.47. The molecule has 2 atom stereocenters. The monoisotopic (exact) mass is 535 g/mol. The highest BCUT2D eigenvalue weighted by Gasteiger charge is 2.32. The van der Waals surface area contributed by atoms with Crippen LogP contribution in [0.15, 0.2) is 29.2 Å². The average molecular weight is 536 g/mol. The Morgan fingerprint density at radius 3 is 2.68 bits per heavy atom. The molecular weight excluding hydrogens is 511 g/mol. The van der Waals surface area contributed by atoms with Crippen LogP contribution in [0.4, 0.5) is 24.8 Å². The number of hydrogen-bond acceptors (Lipinski definition) is 7. The molecule has 0 bridgehead atoms. The molecule has 0 spiro atoms. The number of nitrogens with one attached hydrogen (secondary N) is 3. The highest BCUT2D eigenvalue weighted by atomic mass is 32.2. The second-order valence-electron chi connectivity index (χ2n) is 9.22. The molecule has 1 aromatic carbocycles. The fourth-order valence-electron chi connectivity index (χ4n) is 4.64. The molecule has 0 unspecified atom stereocenters. The molecule has 3 N–H and O–H groups in total. The first-order valence-electron chi connectivity index (χ1n) is 11.6. The topological polar surface area (TPSA) is 133 Å². The molecule has 37 heavy (non-hydrogen) atoms. The van der Waals surface area contributed by atoms with Gasteiger partial charge in [0.2, 0.25) is 5.95 Å². The van der Waals surface area contributed by atoms with Gasteiger partial charge in [0.05, 0.1) is 16.8 Å². The Kier molecular flexibility index (Phi) is 6.40. The third-order valence-corrected chi connectivity index (χ3v) is 8.09. The maximum absolute atomic E-state index is 15.5. The molecule has 3 aromatic rings. The first kappa shape index (κ1) is 25.1. The lowest BCUT2D eigenvalue weighted by molar-refractivity contribution is 0.343. The van der Waals surface area contributed by atoms with Crippen molar-refractivity contribution in [2.75, 3.05) is 23.1 Å². The van der Waals surface area contributed by atoms with Gasteiger partial charge in [0.15, 0.2) is 5.82 Å². The molecule has 0 amide bonds. The van der Waals surface area contributed by atoms with Gasteiger partial charge in [0.25, 0.3) is 5.56 Å². The Hall–Kier alpha value is -3.52. The SMILES string of the molecule is Cn1c(=O)c(-c2c(F)ccc(NS(=O)(=O)N3CC[C@@H](F)C3)c2F)cc2cnc(N[C@@H]3CCC(=N)C3)nc21. The summed E-state index contributed by atoms with van der Waals surface area (Å²) in [6.45, 7) is -0.437. The van der Waals surface area contributed by atoms with Crippen molar-refractivity contribution < 1.29 is 21.6 Å². The van der Waals surface area contributed by atoms with Crippen LogP contribution in [0, 0.1) is 17.0 Å². The fourth-order valence-corrected chi connectivity index (χ4v) is 5.91. The summed E-state index contributed by atoms with van der Waals surface area (Å²) in [5.41, 5.74) is -1.51. The van der Waals surface area contributed by atoms with Crippen molar-refractivity contribution >= 4 is 38.6 Å². The van der Waals surface area contributed by atoms with E-state index in [4.69, 9.17) is 5.41 Å². The molecule has 196 valence electrons. The van der Waals surface area contributed by atoms with E-state index in [9.17, 15) is 22.0 Å². The minimum absolute atomic E-state index is 0.00677. The van der Waals surface area contributed by atoms with Crippen molar-refractivity contribution in [3.05, 3.63) is 46.4 Å². The molecule has 3 heterocycles. The van der Waals surface area contributed by atoms with Gasteiger partial charge in [-0.15, -0.1) is 0 Å². The molecule has 2 aromatic heterocycles. The fraction of sp³-hybridized carbons (Fsp3) is 0.391. The molecule has 1 saturated heterocycles. The van der Waals surface area contributed by atoms with E-state index in [1.807, 2.05) is 4.72 Å². The number of fused-ring (bicyclic) bond motifs is 1. The van der Waals surface area contributed by atoms with E-state index in [0.29, 0.717) is 23.9 Å². The summed E-state index contributed by atoms with van der Waals surface area (Å²) in [4.78, 5) is 21.8. The quantitative estimate of drug-likeness (QED) is 0.445. The van der Waals surface area contributed by atoms with Crippen molar-refractivity contribution in [1.82, 2.24) is 18.8 Å². The minimum Gasteiger partial charge on any atom is -0.351 e. The lowest BCUT2D eigenvalue weighted by Gasteiger charge is -2.18. The van der Waals surface area contributed by atoms with E-state index in [-0.39, 0.29) is 42.7 Å². The van der Waals surface area contributed by atoms with Crippen LogP contribution in [0.3, 0.4) is 0 Å². The van der Waals surface area contributed by atoms with E-state index >= 15 is 4.39 Å². The number of aromatic nitrogens is 3. The molecule has 2 fully saturated rings. The summed E-state index contributed by atoms with van der Waals surface area (Å²) in [7, 11) is -2.89. The number of benzene rings is 1. The number of nitrogens with zero attached hydrogens (tertiary/aromatic N) is 4. The van der Waals surface area contributed by atoms with Crippen LogP contribution in [-0.4, -0.2) is 58.3 Å². The Labute approximate surface area is 210 Å². The molecule has 1 aliphatic carbocycles. The third kappa shape index (κ3) is 4.78. The van der Waals surface area contributed by atoms with Gasteiger partial charge in [-0.2, -0.15) is 17.7 Å². The number of rotatable bonds is 6. The Balaban J connectivity index is 1.52. The largest absolute Gasteiger partial charge is 0.351 e. The zero-order valence-electron chi connectivity index (χ0n) is 19.8.